The van der Waals surface area contributed by atoms with E-state index in [1.165, 1.54) is 0 Å². The van der Waals surface area contributed by atoms with Gasteiger partial charge in [-0.05, 0) is 23.6 Å². The van der Waals surface area contributed by atoms with Crippen LogP contribution in [0, 0.1) is 0 Å². The topological polar surface area (TPSA) is 63.7 Å². The minimum Gasteiger partial charge on any atom is -0.329 e. The van der Waals surface area contributed by atoms with E-state index in [2.05, 4.69) is 0 Å². The normalized spacial score (nSPS) is 16.0. The maximum absolute atomic E-state index is 13.6. The van der Waals surface area contributed by atoms with Crippen LogP contribution in [0.25, 0.3) is 0 Å². The molecule has 0 radical (unpaired) electrons. The Kier molecular flexibility index (Phi) is 5.89. The van der Waals surface area contributed by atoms with Crippen LogP contribution in [0.15, 0.2) is 91.0 Å². The standard InChI is InChI=1S/C26H23NO4S/c1-25(32,24(30)31-27-22(28)17-18-23(27)29)26(19-11-5-2-6-12-19,20-13-7-3-8-14-20)21-15-9-4-10-16-21/h2-16,32H,17-18H2,1H3/t25-/m1/s1. The molecule has 1 aliphatic heterocycles. The third kappa shape index (κ3) is 3.50. The Morgan fingerprint density at radius 1 is 0.750 bits per heavy atom. The zero-order valence-corrected chi connectivity index (χ0v) is 18.5. The lowest BCUT2D eigenvalue weighted by Crippen LogP contribution is -2.55. The fourth-order valence-electron chi connectivity index (χ4n) is 4.39. The van der Waals surface area contributed by atoms with Crippen LogP contribution in [0.4, 0.5) is 0 Å². The Morgan fingerprint density at radius 3 is 1.44 bits per heavy atom. The first-order valence-electron chi connectivity index (χ1n) is 10.4. The molecule has 0 spiro atoms. The van der Waals surface area contributed by atoms with Crippen molar-refractivity contribution in [3.63, 3.8) is 0 Å². The van der Waals surface area contributed by atoms with Gasteiger partial charge >= 0.3 is 5.97 Å². The van der Waals surface area contributed by atoms with Gasteiger partial charge in [0.15, 0.2) is 0 Å². The molecule has 3 aromatic carbocycles. The highest BCUT2D eigenvalue weighted by atomic mass is 32.1. The lowest BCUT2D eigenvalue weighted by atomic mass is 9.61. The molecule has 1 fully saturated rings. The van der Waals surface area contributed by atoms with Gasteiger partial charge in [0.05, 0.1) is 5.41 Å². The van der Waals surface area contributed by atoms with Crippen molar-refractivity contribution >= 4 is 30.4 Å². The zero-order chi connectivity index (χ0) is 22.8. The van der Waals surface area contributed by atoms with Crippen molar-refractivity contribution in [2.75, 3.05) is 0 Å². The van der Waals surface area contributed by atoms with E-state index in [1.54, 1.807) is 6.92 Å². The number of carbonyl (C=O) groups is 3. The number of thiol groups is 1. The van der Waals surface area contributed by atoms with Gasteiger partial charge in [-0.25, -0.2) is 4.79 Å². The molecule has 0 bridgehead atoms. The Bertz CT molecular complexity index is 1020. The number of hydrogen-bond acceptors (Lipinski definition) is 5. The van der Waals surface area contributed by atoms with Crippen molar-refractivity contribution in [1.29, 1.82) is 0 Å². The number of carbonyl (C=O) groups excluding carboxylic acids is 3. The molecule has 0 aromatic heterocycles. The van der Waals surface area contributed by atoms with Crippen LogP contribution in [0.1, 0.15) is 36.5 Å². The van der Waals surface area contributed by atoms with Gasteiger partial charge in [-0.15, -0.1) is 5.06 Å². The molecule has 0 unspecified atom stereocenters. The molecule has 3 aromatic rings. The average molecular weight is 446 g/mol. The van der Waals surface area contributed by atoms with Crippen LogP contribution in [0.3, 0.4) is 0 Å². The lowest BCUT2D eigenvalue weighted by Gasteiger charge is -2.45. The average Bonchev–Trinajstić information content (AvgIpc) is 3.13. The first-order chi connectivity index (χ1) is 15.4. The molecule has 0 aliphatic carbocycles. The fourth-order valence-corrected chi connectivity index (χ4v) is 4.82. The Labute approximate surface area is 192 Å². The predicted octanol–water partition coefficient (Wildman–Crippen LogP) is 4.32. The number of imide groups is 1. The van der Waals surface area contributed by atoms with Gasteiger partial charge in [-0.2, -0.15) is 12.6 Å². The number of benzene rings is 3. The third-order valence-corrected chi connectivity index (χ3v) is 6.45. The largest absolute Gasteiger partial charge is 0.350 e. The molecule has 1 heterocycles. The summed E-state index contributed by atoms with van der Waals surface area (Å²) in [4.78, 5) is 43.2. The number of nitrogens with zero attached hydrogens (tertiary/aromatic N) is 1. The van der Waals surface area contributed by atoms with E-state index in [4.69, 9.17) is 17.5 Å². The first kappa shape index (κ1) is 21.8. The van der Waals surface area contributed by atoms with Crippen LogP contribution in [0.2, 0.25) is 0 Å². The van der Waals surface area contributed by atoms with Crippen LogP contribution in [-0.4, -0.2) is 27.6 Å². The van der Waals surface area contributed by atoms with Crippen molar-refractivity contribution in [2.45, 2.75) is 29.9 Å². The van der Waals surface area contributed by atoms with Gasteiger partial charge in [0.2, 0.25) is 0 Å². The number of hydrogen-bond donors (Lipinski definition) is 1. The van der Waals surface area contributed by atoms with Gasteiger partial charge in [0, 0.05) is 12.8 Å². The number of hydroxylamine groups is 2. The smallest absolute Gasteiger partial charge is 0.329 e. The van der Waals surface area contributed by atoms with Crippen molar-refractivity contribution in [1.82, 2.24) is 5.06 Å². The van der Waals surface area contributed by atoms with E-state index in [0.29, 0.717) is 5.06 Å². The van der Waals surface area contributed by atoms with Gasteiger partial charge in [-0.3, -0.25) is 9.59 Å². The summed E-state index contributed by atoms with van der Waals surface area (Å²) < 4.78 is -1.50. The molecule has 6 heteroatoms. The zero-order valence-electron chi connectivity index (χ0n) is 17.6. The SMILES string of the molecule is C[C@@](S)(C(=O)ON1C(=O)CCC1=O)C(c1ccccc1)(c1ccccc1)c1ccccc1. The summed E-state index contributed by atoms with van der Waals surface area (Å²) in [6.07, 6.45) is 0.0488. The summed E-state index contributed by atoms with van der Waals surface area (Å²) in [6, 6.07) is 28.7. The highest BCUT2D eigenvalue weighted by Gasteiger charge is 2.56. The Balaban J connectivity index is 1.95. The molecule has 4 rings (SSSR count). The van der Waals surface area contributed by atoms with Crippen LogP contribution in [0.5, 0.6) is 0 Å². The highest BCUT2D eigenvalue weighted by molar-refractivity contribution is 7.82. The molecule has 5 nitrogen and oxygen atoms in total. The molecule has 1 atom stereocenters. The molecule has 32 heavy (non-hydrogen) atoms. The first-order valence-corrected chi connectivity index (χ1v) is 10.8. The molecule has 2 amide bonds. The Morgan fingerprint density at radius 2 is 1.09 bits per heavy atom. The van der Waals surface area contributed by atoms with Gasteiger partial charge in [-0.1, -0.05) is 91.0 Å². The van der Waals surface area contributed by atoms with E-state index in [1.807, 2.05) is 91.0 Å². The van der Waals surface area contributed by atoms with Crippen LogP contribution >= 0.6 is 12.6 Å². The molecular weight excluding hydrogens is 422 g/mol. The number of rotatable bonds is 6. The molecular formula is C26H23NO4S. The van der Waals surface area contributed by atoms with Gasteiger partial charge in [0.25, 0.3) is 11.8 Å². The summed E-state index contributed by atoms with van der Waals surface area (Å²) in [5.41, 5.74) is 1.39. The summed E-state index contributed by atoms with van der Waals surface area (Å²) in [6.45, 7) is 1.66. The van der Waals surface area contributed by atoms with Crippen LogP contribution in [-0.2, 0) is 24.6 Å². The van der Waals surface area contributed by atoms with E-state index >= 15 is 0 Å². The van der Waals surface area contributed by atoms with Crippen molar-refractivity contribution in [2.24, 2.45) is 0 Å². The molecule has 0 N–H and O–H groups in total. The second-order valence-corrected chi connectivity index (χ2v) is 8.78. The second kappa shape index (κ2) is 8.63. The maximum Gasteiger partial charge on any atom is 0.350 e. The van der Waals surface area contributed by atoms with Gasteiger partial charge in [0.1, 0.15) is 4.75 Å². The van der Waals surface area contributed by atoms with Gasteiger partial charge < -0.3 is 4.84 Å². The van der Waals surface area contributed by atoms with E-state index in [9.17, 15) is 14.4 Å². The minimum absolute atomic E-state index is 0.0244. The minimum atomic E-state index is -1.50. The highest BCUT2D eigenvalue weighted by Crippen LogP contribution is 2.51. The molecule has 1 saturated heterocycles. The number of amides is 2. The van der Waals surface area contributed by atoms with E-state index in [0.717, 1.165) is 16.7 Å². The Hall–Kier alpha value is -3.38. The summed E-state index contributed by atoms with van der Waals surface area (Å²) in [7, 11) is 0. The van der Waals surface area contributed by atoms with Crippen molar-refractivity contribution in [3.8, 4) is 0 Å². The quantitative estimate of drug-likeness (QED) is 0.349. The summed E-state index contributed by atoms with van der Waals surface area (Å²) >= 11 is 4.90. The second-order valence-electron chi connectivity index (χ2n) is 7.88. The molecule has 1 aliphatic rings. The van der Waals surface area contributed by atoms with Crippen LogP contribution < -0.4 is 0 Å². The van der Waals surface area contributed by atoms with Crippen molar-refractivity contribution in [3.05, 3.63) is 108 Å². The molecule has 162 valence electrons. The summed E-state index contributed by atoms with van der Waals surface area (Å²) in [5.74, 6) is -1.85. The van der Waals surface area contributed by atoms with Crippen molar-refractivity contribution < 1.29 is 19.2 Å². The third-order valence-electron chi connectivity index (χ3n) is 5.93. The monoisotopic (exact) mass is 445 g/mol. The molecule has 0 saturated carbocycles. The maximum atomic E-state index is 13.6. The van der Waals surface area contributed by atoms with E-state index < -0.39 is 27.9 Å². The summed E-state index contributed by atoms with van der Waals surface area (Å²) in [5, 5.41) is 0.572. The van der Waals surface area contributed by atoms with E-state index in [-0.39, 0.29) is 12.8 Å². The predicted molar refractivity (Wildman–Crippen MR) is 124 cm³/mol. The lowest BCUT2D eigenvalue weighted by molar-refractivity contribution is -0.199. The fraction of sp³-hybridized carbons (Fsp3) is 0.192.